The van der Waals surface area contributed by atoms with Gasteiger partial charge in [-0.05, 0) is 42.5 Å². The Bertz CT molecular complexity index is 362. The molecule has 0 spiro atoms. The Morgan fingerprint density at radius 3 is 1.78 bits per heavy atom. The van der Waals surface area contributed by atoms with Crippen LogP contribution in [0.4, 0.5) is 0 Å². The molecule has 0 saturated carbocycles. The minimum Gasteiger partial charge on any atom is -0.309 e. The molecule has 0 saturated heterocycles. The van der Waals surface area contributed by atoms with Crippen molar-refractivity contribution in [3.05, 3.63) is 29.3 Å². The predicted octanol–water partition coefficient (Wildman–Crippen LogP) is 3.02. The second-order valence-corrected chi connectivity index (χ2v) is 8.26. The van der Waals surface area contributed by atoms with Crippen LogP contribution in [0.15, 0.2) is 18.2 Å². The smallest absolute Gasteiger partial charge is 0.248 e. The van der Waals surface area contributed by atoms with E-state index in [2.05, 4.69) is 69.7 Å². The van der Waals surface area contributed by atoms with E-state index in [1.165, 1.54) is 11.1 Å². The molecule has 0 amide bonds. The third-order valence-corrected chi connectivity index (χ3v) is 5.07. The van der Waals surface area contributed by atoms with Gasteiger partial charge in [-0.2, -0.15) is 0 Å². The van der Waals surface area contributed by atoms with Crippen LogP contribution in [0.25, 0.3) is 0 Å². The van der Waals surface area contributed by atoms with Crippen LogP contribution in [0, 0.1) is 0 Å². The molecule has 0 unspecified atom stereocenters. The highest BCUT2D eigenvalue weighted by Gasteiger charge is 2.16. The predicted molar refractivity (Wildman–Crippen MR) is 90.0 cm³/mol. The summed E-state index contributed by atoms with van der Waals surface area (Å²) in [5.41, 5.74) is 4.59. The molecule has 0 fully saturated rings. The maximum atomic E-state index is 2.49. The van der Waals surface area contributed by atoms with Crippen molar-refractivity contribution in [1.82, 2.24) is 4.22 Å². The summed E-state index contributed by atoms with van der Waals surface area (Å²) in [4.78, 5) is 0. The van der Waals surface area contributed by atoms with Crippen LogP contribution in [-0.4, -0.2) is 31.2 Å². The van der Waals surface area contributed by atoms with E-state index in [0.29, 0.717) is 11.8 Å². The Morgan fingerprint density at radius 2 is 1.44 bits per heavy atom. The first kappa shape index (κ1) is 15.7. The number of thiol groups is 1. The van der Waals surface area contributed by atoms with Crippen molar-refractivity contribution >= 4 is 24.0 Å². The maximum Gasteiger partial charge on any atom is 0.248 e. The lowest BCUT2D eigenvalue weighted by Gasteiger charge is -2.27. The molecule has 0 N–H and O–H groups in total. The van der Waals surface area contributed by atoms with Crippen molar-refractivity contribution in [2.45, 2.75) is 39.5 Å². The van der Waals surface area contributed by atoms with Crippen LogP contribution in [0.2, 0.25) is 0 Å². The summed E-state index contributed by atoms with van der Waals surface area (Å²) in [5, 5.41) is 0. The highest BCUT2D eigenvalue weighted by atomic mass is 32.2. The number of nitrogens with zero attached hydrogens (tertiary/aromatic N) is 1. The summed E-state index contributed by atoms with van der Waals surface area (Å²) < 4.78 is 2.49. The summed E-state index contributed by atoms with van der Waals surface area (Å²) in [6.45, 7) is 9.18. The highest BCUT2D eigenvalue weighted by molar-refractivity contribution is 8.14. The molecule has 3 heteroatoms. The average molecular weight is 265 g/mol. The fourth-order valence-corrected chi connectivity index (χ4v) is 2.68. The molecule has 1 aromatic rings. The van der Waals surface area contributed by atoms with Crippen LogP contribution < -0.4 is 5.46 Å². The van der Waals surface area contributed by atoms with Gasteiger partial charge in [0.2, 0.25) is 7.41 Å². The lowest BCUT2D eigenvalue weighted by atomic mass is 9.71. The second kappa shape index (κ2) is 6.67. The molecule has 0 heterocycles. The van der Waals surface area contributed by atoms with Gasteiger partial charge in [0.05, 0.1) is 0 Å². The van der Waals surface area contributed by atoms with E-state index in [1.54, 1.807) is 5.46 Å². The summed E-state index contributed by atoms with van der Waals surface area (Å²) >= 11 is -0.0153. The Hall–Kier alpha value is -0.405. The van der Waals surface area contributed by atoms with E-state index in [1.807, 2.05) is 0 Å². The summed E-state index contributed by atoms with van der Waals surface area (Å²) in [7, 11) is 3.33. The van der Waals surface area contributed by atoms with Gasteiger partial charge in [0.15, 0.2) is 0 Å². The molecule has 0 atom stereocenters. The van der Waals surface area contributed by atoms with Gasteiger partial charge in [-0.1, -0.05) is 51.4 Å². The van der Waals surface area contributed by atoms with E-state index < -0.39 is 0 Å². The number of hydrogen-bond acceptors (Lipinski definition) is 1. The van der Waals surface area contributed by atoms with Crippen molar-refractivity contribution in [2.75, 3.05) is 19.6 Å². The maximum absolute atomic E-state index is 2.49. The van der Waals surface area contributed by atoms with Gasteiger partial charge in [-0.25, -0.2) is 11.1 Å². The standard InChI is InChI=1S/C15H28BNS/c1-11(2)13-9-8-10-14(12(3)4)15(13)16-17(5)18(6)7/h8-12,16,18H,1-7H3. The van der Waals surface area contributed by atoms with E-state index in [9.17, 15) is 0 Å². The quantitative estimate of drug-likeness (QED) is 0.632. The molecular formula is C15H28BNS. The summed E-state index contributed by atoms with van der Waals surface area (Å²) in [5.74, 6) is 1.21. The molecule has 1 nitrogen and oxygen atoms in total. The minimum atomic E-state index is -0.0153. The van der Waals surface area contributed by atoms with Gasteiger partial charge >= 0.3 is 0 Å². The summed E-state index contributed by atoms with van der Waals surface area (Å²) in [6, 6.07) is 6.81. The Morgan fingerprint density at radius 1 is 1.00 bits per heavy atom. The zero-order valence-corrected chi connectivity index (χ0v) is 13.9. The van der Waals surface area contributed by atoms with Crippen molar-refractivity contribution in [2.24, 2.45) is 0 Å². The summed E-state index contributed by atoms with van der Waals surface area (Å²) in [6.07, 6.45) is 4.64. The molecule has 1 rings (SSSR count). The van der Waals surface area contributed by atoms with Gasteiger partial charge < -0.3 is 4.22 Å². The molecular weight excluding hydrogens is 237 g/mol. The largest absolute Gasteiger partial charge is 0.309 e. The third-order valence-electron chi connectivity index (χ3n) is 3.56. The first-order valence-electron chi connectivity index (χ1n) is 6.84. The van der Waals surface area contributed by atoms with Crippen LogP contribution >= 0.6 is 11.1 Å². The second-order valence-electron chi connectivity index (χ2n) is 5.89. The van der Waals surface area contributed by atoms with E-state index in [-0.39, 0.29) is 11.1 Å². The topological polar surface area (TPSA) is 3.24 Å². The van der Waals surface area contributed by atoms with Crippen molar-refractivity contribution < 1.29 is 0 Å². The monoisotopic (exact) mass is 265 g/mol. The molecule has 18 heavy (non-hydrogen) atoms. The average Bonchev–Trinajstić information content (AvgIpc) is 2.28. The normalized spacial score (nSPS) is 12.4. The third kappa shape index (κ3) is 3.79. The molecule has 0 bridgehead atoms. The number of rotatable bonds is 5. The first-order valence-corrected chi connectivity index (χ1v) is 9.03. The SMILES string of the molecule is CC(C)c1cccc(C(C)C)c1BN(C)[SH](C)C. The molecule has 0 radical (unpaired) electrons. The van der Waals surface area contributed by atoms with Crippen molar-refractivity contribution in [1.29, 1.82) is 0 Å². The van der Waals surface area contributed by atoms with Crippen molar-refractivity contribution in [3.63, 3.8) is 0 Å². The Kier molecular flexibility index (Phi) is 5.80. The van der Waals surface area contributed by atoms with Crippen LogP contribution in [0.5, 0.6) is 0 Å². The van der Waals surface area contributed by atoms with E-state index >= 15 is 0 Å². The van der Waals surface area contributed by atoms with E-state index in [0.717, 1.165) is 7.41 Å². The zero-order valence-electron chi connectivity index (χ0n) is 13.0. The van der Waals surface area contributed by atoms with Crippen LogP contribution in [0.1, 0.15) is 50.7 Å². The molecule has 0 aliphatic rings. The fraction of sp³-hybridized carbons (Fsp3) is 0.600. The van der Waals surface area contributed by atoms with Gasteiger partial charge in [0, 0.05) is 0 Å². The highest BCUT2D eigenvalue weighted by Crippen LogP contribution is 2.22. The van der Waals surface area contributed by atoms with Gasteiger partial charge in [-0.15, -0.1) is 0 Å². The molecule has 0 aliphatic carbocycles. The molecule has 1 aromatic carbocycles. The minimum absolute atomic E-state index is 0.0153. The number of hydrogen-bond donors (Lipinski definition) is 1. The number of benzene rings is 1. The molecule has 102 valence electrons. The zero-order chi connectivity index (χ0) is 13.9. The van der Waals surface area contributed by atoms with Gasteiger partial charge in [-0.3, -0.25) is 0 Å². The fourth-order valence-electron chi connectivity index (χ4n) is 2.26. The molecule has 0 aliphatic heterocycles. The molecule has 0 aromatic heterocycles. The lowest BCUT2D eigenvalue weighted by Crippen LogP contribution is -2.35. The Labute approximate surface area is 117 Å². The van der Waals surface area contributed by atoms with Crippen LogP contribution in [-0.2, 0) is 0 Å². The van der Waals surface area contributed by atoms with Crippen LogP contribution in [0.3, 0.4) is 0 Å². The van der Waals surface area contributed by atoms with Gasteiger partial charge in [0.1, 0.15) is 0 Å². The van der Waals surface area contributed by atoms with E-state index in [4.69, 9.17) is 0 Å². The Balaban J connectivity index is 3.18. The first-order chi connectivity index (χ1) is 8.34. The van der Waals surface area contributed by atoms with Gasteiger partial charge in [0.25, 0.3) is 0 Å². The van der Waals surface area contributed by atoms with Crippen molar-refractivity contribution in [3.8, 4) is 0 Å². The lowest BCUT2D eigenvalue weighted by molar-refractivity contribution is 0.836.